The fourth-order valence-corrected chi connectivity index (χ4v) is 2.21. The van der Waals surface area contributed by atoms with E-state index in [1.807, 2.05) is 24.3 Å². The van der Waals surface area contributed by atoms with Crippen molar-refractivity contribution in [1.29, 1.82) is 0 Å². The van der Waals surface area contributed by atoms with E-state index in [0.29, 0.717) is 9.76 Å². The summed E-state index contributed by atoms with van der Waals surface area (Å²) < 4.78 is 4.64. The van der Waals surface area contributed by atoms with Gasteiger partial charge < -0.3 is 0 Å². The Morgan fingerprint density at radius 2 is 2.23 bits per heavy atom. The third-order valence-electron chi connectivity index (χ3n) is 1.47. The maximum absolute atomic E-state index is 5.85. The molecule has 0 fully saturated rings. The van der Waals surface area contributed by atoms with Crippen molar-refractivity contribution in [2.45, 2.75) is 0 Å². The number of hydrogen-bond acceptors (Lipinski definition) is 3. The van der Waals surface area contributed by atoms with Crippen LogP contribution in [0.4, 0.5) is 0 Å². The summed E-state index contributed by atoms with van der Waals surface area (Å²) >= 11 is 10.4. The smallest absolute Gasteiger partial charge is 0.209 e. The molecule has 0 spiro atoms. The van der Waals surface area contributed by atoms with Gasteiger partial charge in [-0.2, -0.15) is 4.37 Å². The van der Waals surface area contributed by atoms with Crippen molar-refractivity contribution in [3.8, 4) is 10.6 Å². The van der Waals surface area contributed by atoms with Crippen LogP contribution in [0.3, 0.4) is 0 Å². The van der Waals surface area contributed by atoms with E-state index in [2.05, 4.69) is 25.3 Å². The van der Waals surface area contributed by atoms with Crippen molar-refractivity contribution in [1.82, 2.24) is 9.36 Å². The molecule has 0 amide bonds. The highest BCUT2D eigenvalue weighted by Crippen LogP contribution is 2.25. The molecule has 0 saturated heterocycles. The van der Waals surface area contributed by atoms with Gasteiger partial charge in [-0.1, -0.05) is 23.7 Å². The molecular weight excluding hydrogens is 272 g/mol. The largest absolute Gasteiger partial charge is 0.209 e. The number of benzene rings is 1. The van der Waals surface area contributed by atoms with Crippen LogP contribution < -0.4 is 0 Å². The summed E-state index contributed by atoms with van der Waals surface area (Å²) in [7, 11) is 0. The molecule has 1 aromatic heterocycles. The van der Waals surface area contributed by atoms with Crippen LogP contribution in [0.5, 0.6) is 0 Å². The maximum atomic E-state index is 5.85. The van der Waals surface area contributed by atoms with Crippen LogP contribution in [0.1, 0.15) is 0 Å². The van der Waals surface area contributed by atoms with E-state index in [9.17, 15) is 0 Å². The van der Waals surface area contributed by atoms with Gasteiger partial charge in [0, 0.05) is 10.6 Å². The fraction of sp³-hybridized carbons (Fsp3) is 0. The van der Waals surface area contributed by atoms with E-state index in [4.69, 9.17) is 11.6 Å². The Hall–Kier alpha value is -0.450. The molecule has 0 N–H and O–H groups in total. The summed E-state index contributed by atoms with van der Waals surface area (Å²) in [6.07, 6.45) is 0. The van der Waals surface area contributed by atoms with E-state index in [-0.39, 0.29) is 0 Å². The van der Waals surface area contributed by atoms with Crippen LogP contribution >= 0.6 is 39.1 Å². The van der Waals surface area contributed by atoms with E-state index in [1.54, 1.807) is 0 Å². The van der Waals surface area contributed by atoms with Crippen molar-refractivity contribution in [2.24, 2.45) is 0 Å². The second-order valence-electron chi connectivity index (χ2n) is 2.38. The zero-order valence-corrected chi connectivity index (χ0v) is 9.53. The first-order valence-corrected chi connectivity index (χ1v) is 5.45. The van der Waals surface area contributed by atoms with Crippen molar-refractivity contribution < 1.29 is 0 Å². The first-order chi connectivity index (χ1) is 6.25. The molecule has 0 saturated carbocycles. The molecule has 0 unspecified atom stereocenters. The van der Waals surface area contributed by atoms with Crippen LogP contribution in [0.25, 0.3) is 10.6 Å². The van der Waals surface area contributed by atoms with Crippen LogP contribution in [0.2, 0.25) is 5.02 Å². The molecule has 0 bridgehead atoms. The monoisotopic (exact) mass is 274 g/mol. The number of aromatic nitrogens is 2. The Bertz CT molecular complexity index is 430. The standard InChI is InChI=1S/C8H4BrClN2S/c9-8-11-7(13-12-8)5-2-1-3-6(10)4-5/h1-4H. The quantitative estimate of drug-likeness (QED) is 0.794. The number of hydrogen-bond donors (Lipinski definition) is 0. The summed E-state index contributed by atoms with van der Waals surface area (Å²) in [4.78, 5) is 4.19. The molecule has 5 heteroatoms. The van der Waals surface area contributed by atoms with Gasteiger partial charge in [-0.15, -0.1) is 0 Å². The molecule has 0 aliphatic rings. The molecule has 1 heterocycles. The predicted octanol–water partition coefficient (Wildman–Crippen LogP) is 3.62. The molecule has 0 radical (unpaired) electrons. The average Bonchev–Trinajstić information content (AvgIpc) is 2.52. The molecule has 66 valence electrons. The van der Waals surface area contributed by atoms with Gasteiger partial charge in [0.15, 0.2) is 0 Å². The van der Waals surface area contributed by atoms with Gasteiger partial charge in [0.2, 0.25) is 4.73 Å². The summed E-state index contributed by atoms with van der Waals surface area (Å²) in [5, 5.41) is 1.58. The fourth-order valence-electron chi connectivity index (χ4n) is 0.944. The topological polar surface area (TPSA) is 25.8 Å². The lowest BCUT2D eigenvalue weighted by molar-refractivity contribution is 1.26. The van der Waals surface area contributed by atoms with Gasteiger partial charge in [0.05, 0.1) is 0 Å². The van der Waals surface area contributed by atoms with Crippen molar-refractivity contribution in [3.63, 3.8) is 0 Å². The molecule has 2 nitrogen and oxygen atoms in total. The van der Waals surface area contributed by atoms with Gasteiger partial charge >= 0.3 is 0 Å². The van der Waals surface area contributed by atoms with E-state index in [0.717, 1.165) is 10.6 Å². The summed E-state index contributed by atoms with van der Waals surface area (Å²) in [6, 6.07) is 7.56. The van der Waals surface area contributed by atoms with E-state index >= 15 is 0 Å². The Morgan fingerprint density at radius 3 is 2.85 bits per heavy atom. The lowest BCUT2D eigenvalue weighted by Crippen LogP contribution is -1.74. The lowest BCUT2D eigenvalue weighted by Gasteiger charge is -1.94. The Kier molecular flexibility index (Phi) is 2.62. The van der Waals surface area contributed by atoms with E-state index < -0.39 is 0 Å². The zero-order valence-electron chi connectivity index (χ0n) is 6.37. The van der Waals surface area contributed by atoms with Gasteiger partial charge in [-0.05, 0) is 39.6 Å². The Labute approximate surface area is 92.9 Å². The molecule has 1 aromatic carbocycles. The average molecular weight is 276 g/mol. The molecule has 2 aromatic rings. The number of halogens is 2. The van der Waals surface area contributed by atoms with Crippen molar-refractivity contribution in [3.05, 3.63) is 34.0 Å². The van der Waals surface area contributed by atoms with Gasteiger partial charge in [0.25, 0.3) is 0 Å². The van der Waals surface area contributed by atoms with E-state index in [1.165, 1.54) is 11.5 Å². The third-order valence-corrected chi connectivity index (χ3v) is 3.06. The molecule has 0 aliphatic heterocycles. The molecule has 0 aliphatic carbocycles. The van der Waals surface area contributed by atoms with Crippen LogP contribution in [-0.4, -0.2) is 9.36 Å². The highest BCUT2D eigenvalue weighted by molar-refractivity contribution is 9.10. The Morgan fingerprint density at radius 1 is 1.38 bits per heavy atom. The highest BCUT2D eigenvalue weighted by Gasteiger charge is 2.03. The molecule has 2 rings (SSSR count). The van der Waals surface area contributed by atoms with Gasteiger partial charge in [-0.25, -0.2) is 4.98 Å². The summed E-state index contributed by atoms with van der Waals surface area (Å²) in [5.74, 6) is 0. The SMILES string of the molecule is Clc1cccc(-c2nc(Br)ns2)c1. The number of rotatable bonds is 1. The molecule has 13 heavy (non-hydrogen) atoms. The first-order valence-electron chi connectivity index (χ1n) is 3.51. The van der Waals surface area contributed by atoms with Crippen LogP contribution in [-0.2, 0) is 0 Å². The second kappa shape index (κ2) is 3.74. The normalized spacial score (nSPS) is 10.3. The molecular formula is C8H4BrClN2S. The second-order valence-corrected chi connectivity index (χ2v) is 4.28. The maximum Gasteiger partial charge on any atom is 0.209 e. The van der Waals surface area contributed by atoms with Crippen LogP contribution in [0.15, 0.2) is 29.0 Å². The minimum atomic E-state index is 0.618. The minimum absolute atomic E-state index is 0.618. The minimum Gasteiger partial charge on any atom is -0.209 e. The number of nitrogens with zero attached hydrogens (tertiary/aromatic N) is 2. The predicted molar refractivity (Wildman–Crippen MR) is 58.1 cm³/mol. The third kappa shape index (κ3) is 2.07. The van der Waals surface area contributed by atoms with Gasteiger partial charge in [-0.3, -0.25) is 0 Å². The molecule has 0 atom stereocenters. The Balaban J connectivity index is 2.46. The first kappa shape index (κ1) is 9.12. The van der Waals surface area contributed by atoms with Crippen molar-refractivity contribution in [2.75, 3.05) is 0 Å². The summed E-state index contributed by atoms with van der Waals surface area (Å²) in [6.45, 7) is 0. The van der Waals surface area contributed by atoms with Crippen LogP contribution in [0, 0.1) is 0 Å². The lowest BCUT2D eigenvalue weighted by atomic mass is 10.2. The zero-order chi connectivity index (χ0) is 9.26. The van der Waals surface area contributed by atoms with Gasteiger partial charge in [0.1, 0.15) is 5.01 Å². The van der Waals surface area contributed by atoms with Crippen molar-refractivity contribution >= 4 is 39.1 Å². The highest BCUT2D eigenvalue weighted by atomic mass is 79.9. The summed E-state index contributed by atoms with van der Waals surface area (Å²) in [5.41, 5.74) is 0.996.